The summed E-state index contributed by atoms with van der Waals surface area (Å²) in [4.78, 5) is 29.0. The van der Waals surface area contributed by atoms with Crippen molar-refractivity contribution in [3.63, 3.8) is 0 Å². The Morgan fingerprint density at radius 2 is 1.68 bits per heavy atom. The largest absolute Gasteiger partial charge is 0.482 e. The van der Waals surface area contributed by atoms with E-state index >= 15 is 0 Å². The van der Waals surface area contributed by atoms with E-state index < -0.39 is 53.0 Å². The number of halogens is 6. The van der Waals surface area contributed by atoms with Crippen LogP contribution in [0.1, 0.15) is 32.7 Å². The van der Waals surface area contributed by atoms with Gasteiger partial charge in [0, 0.05) is 24.2 Å². The van der Waals surface area contributed by atoms with Crippen LogP contribution in [0.5, 0.6) is 5.75 Å². The molecule has 0 saturated heterocycles. The van der Waals surface area contributed by atoms with Gasteiger partial charge in [-0.3, -0.25) is 9.78 Å². The van der Waals surface area contributed by atoms with E-state index in [1.54, 1.807) is 30.3 Å². The van der Waals surface area contributed by atoms with Gasteiger partial charge in [0.25, 0.3) is 5.91 Å². The maximum Gasteiger partial charge on any atom is 0.419 e. The number of aliphatic carboxylic acids is 1. The lowest BCUT2D eigenvalue weighted by molar-refractivity contribution is -0.140. The molecule has 41 heavy (non-hydrogen) atoms. The molecule has 0 aliphatic carbocycles. The fraction of sp³-hybridized carbons (Fsp3) is 0.138. The van der Waals surface area contributed by atoms with E-state index in [0.717, 1.165) is 18.2 Å². The average molecular weight is 591 g/mol. The molecule has 0 saturated carbocycles. The Hall–Kier alpha value is -4.51. The highest BCUT2D eigenvalue weighted by atomic mass is 35.5. The first kappa shape index (κ1) is 29.5. The molecule has 6 nitrogen and oxygen atoms in total. The number of carboxylic acids is 1. The number of hydrogen-bond acceptors (Lipinski definition) is 4. The standard InChI is InChI=1S/C29H20ClF5N2O4/c30-20-7-9-25(36-15-20)28(14-17-4-2-1-3-5-17,19-11-21(31)13-22(12-19)41-16-26(38)39)37-27(40)18-6-8-24(32)23(10-18)29(33,34)35/h1-13,15H,14,16H2,(H,37,40)(H,38,39). The Balaban J connectivity index is 1.93. The molecule has 212 valence electrons. The molecule has 0 aliphatic heterocycles. The number of benzene rings is 3. The van der Waals surface area contributed by atoms with Crippen LogP contribution in [-0.4, -0.2) is 28.6 Å². The van der Waals surface area contributed by atoms with Crippen molar-refractivity contribution in [2.24, 2.45) is 0 Å². The number of pyridine rings is 1. The van der Waals surface area contributed by atoms with E-state index in [0.29, 0.717) is 17.7 Å². The second kappa shape index (κ2) is 11.9. The number of carbonyl (C=O) groups excluding carboxylic acids is 1. The van der Waals surface area contributed by atoms with Gasteiger partial charge in [0.15, 0.2) is 6.61 Å². The van der Waals surface area contributed by atoms with E-state index in [1.165, 1.54) is 24.4 Å². The lowest BCUT2D eigenvalue weighted by atomic mass is 9.80. The zero-order valence-corrected chi connectivity index (χ0v) is 21.6. The average Bonchev–Trinajstić information content (AvgIpc) is 2.91. The van der Waals surface area contributed by atoms with Gasteiger partial charge in [-0.05, 0) is 53.6 Å². The number of carbonyl (C=O) groups is 2. The predicted octanol–water partition coefficient (Wildman–Crippen LogP) is 6.41. The van der Waals surface area contributed by atoms with Crippen molar-refractivity contribution in [2.75, 3.05) is 6.61 Å². The second-order valence-corrected chi connectivity index (χ2v) is 9.37. The van der Waals surface area contributed by atoms with Gasteiger partial charge < -0.3 is 15.2 Å². The van der Waals surface area contributed by atoms with Crippen LogP contribution in [0.4, 0.5) is 22.0 Å². The number of hydrogen-bond donors (Lipinski definition) is 2. The minimum absolute atomic E-state index is 0.0306. The van der Waals surface area contributed by atoms with E-state index in [2.05, 4.69) is 10.3 Å². The van der Waals surface area contributed by atoms with E-state index in [1.807, 2.05) is 0 Å². The fourth-order valence-corrected chi connectivity index (χ4v) is 4.35. The highest BCUT2D eigenvalue weighted by molar-refractivity contribution is 6.30. The number of alkyl halides is 3. The van der Waals surface area contributed by atoms with Crippen LogP contribution in [0, 0.1) is 11.6 Å². The fourth-order valence-electron chi connectivity index (χ4n) is 4.24. The maximum absolute atomic E-state index is 14.9. The Morgan fingerprint density at radius 1 is 0.951 bits per heavy atom. The zero-order valence-electron chi connectivity index (χ0n) is 20.9. The first-order valence-corrected chi connectivity index (χ1v) is 12.3. The van der Waals surface area contributed by atoms with Crippen LogP contribution >= 0.6 is 11.6 Å². The van der Waals surface area contributed by atoms with Gasteiger partial charge in [0.2, 0.25) is 0 Å². The van der Waals surface area contributed by atoms with Gasteiger partial charge in [0.1, 0.15) is 22.9 Å². The molecule has 3 aromatic carbocycles. The normalized spacial score (nSPS) is 12.8. The summed E-state index contributed by atoms with van der Waals surface area (Å²) in [6.07, 6.45) is -3.90. The molecule has 0 bridgehead atoms. The molecule has 1 amide bonds. The summed E-state index contributed by atoms with van der Waals surface area (Å²) in [5.41, 5.74) is -3.17. The summed E-state index contributed by atoms with van der Waals surface area (Å²) < 4.78 is 74.3. The molecule has 1 unspecified atom stereocenters. The number of carboxylic acid groups (broad SMARTS) is 1. The third-order valence-electron chi connectivity index (χ3n) is 6.06. The molecular weight excluding hydrogens is 571 g/mol. The maximum atomic E-state index is 14.9. The molecular formula is C29H20ClF5N2O4. The Bertz CT molecular complexity index is 1570. The Kier molecular flexibility index (Phi) is 8.57. The smallest absolute Gasteiger partial charge is 0.419 e. The molecule has 12 heteroatoms. The van der Waals surface area contributed by atoms with Crippen LogP contribution in [0.25, 0.3) is 0 Å². The van der Waals surface area contributed by atoms with Crippen LogP contribution in [0.3, 0.4) is 0 Å². The summed E-state index contributed by atoms with van der Waals surface area (Å²) in [6.45, 7) is -0.796. The molecule has 0 fully saturated rings. The topological polar surface area (TPSA) is 88.5 Å². The number of amides is 1. The van der Waals surface area contributed by atoms with Gasteiger partial charge in [-0.1, -0.05) is 41.9 Å². The monoisotopic (exact) mass is 590 g/mol. The number of nitrogens with one attached hydrogen (secondary N) is 1. The van der Waals surface area contributed by atoms with Crippen molar-refractivity contribution < 1.29 is 41.4 Å². The summed E-state index contributed by atoms with van der Waals surface area (Å²) >= 11 is 6.04. The van der Waals surface area contributed by atoms with Gasteiger partial charge in [-0.15, -0.1) is 0 Å². The van der Waals surface area contributed by atoms with E-state index in [9.17, 15) is 31.5 Å². The van der Waals surface area contributed by atoms with Crippen molar-refractivity contribution in [3.8, 4) is 5.75 Å². The molecule has 0 spiro atoms. The highest BCUT2D eigenvalue weighted by Crippen LogP contribution is 2.37. The molecule has 1 atom stereocenters. The molecule has 1 heterocycles. The minimum atomic E-state index is -5.07. The molecule has 4 aromatic rings. The summed E-state index contributed by atoms with van der Waals surface area (Å²) in [5.74, 6) is -4.99. The summed E-state index contributed by atoms with van der Waals surface area (Å²) in [7, 11) is 0. The van der Waals surface area contributed by atoms with Gasteiger partial charge in [0.05, 0.1) is 16.3 Å². The summed E-state index contributed by atoms with van der Waals surface area (Å²) in [6, 6.07) is 16.5. The second-order valence-electron chi connectivity index (χ2n) is 8.93. The third-order valence-corrected chi connectivity index (χ3v) is 6.29. The third kappa shape index (κ3) is 6.98. The number of nitrogens with zero attached hydrogens (tertiary/aromatic N) is 1. The predicted molar refractivity (Wildman–Crippen MR) is 139 cm³/mol. The van der Waals surface area contributed by atoms with Crippen LogP contribution in [0.2, 0.25) is 5.02 Å². The molecule has 0 radical (unpaired) electrons. The minimum Gasteiger partial charge on any atom is -0.482 e. The summed E-state index contributed by atoms with van der Waals surface area (Å²) in [5, 5.41) is 11.9. The van der Waals surface area contributed by atoms with Gasteiger partial charge in [-0.2, -0.15) is 13.2 Å². The first-order chi connectivity index (χ1) is 19.4. The van der Waals surface area contributed by atoms with E-state index in [4.69, 9.17) is 21.4 Å². The Labute approximate surface area is 235 Å². The SMILES string of the molecule is O=C(O)COc1cc(F)cc(C(Cc2ccccc2)(NC(=O)c2ccc(F)c(C(F)(F)F)c2)c2ccc(Cl)cn2)c1. The van der Waals surface area contributed by atoms with Crippen molar-refractivity contribution in [1.29, 1.82) is 0 Å². The van der Waals surface area contributed by atoms with Crippen molar-refractivity contribution in [1.82, 2.24) is 10.3 Å². The number of aromatic nitrogens is 1. The molecule has 4 rings (SSSR count). The first-order valence-electron chi connectivity index (χ1n) is 11.9. The molecule has 2 N–H and O–H groups in total. The van der Waals surface area contributed by atoms with Crippen molar-refractivity contribution in [2.45, 2.75) is 18.1 Å². The van der Waals surface area contributed by atoms with Gasteiger partial charge in [-0.25, -0.2) is 13.6 Å². The molecule has 1 aromatic heterocycles. The number of rotatable bonds is 9. The highest BCUT2D eigenvalue weighted by Gasteiger charge is 2.40. The van der Waals surface area contributed by atoms with Crippen LogP contribution < -0.4 is 10.1 Å². The Morgan fingerprint density at radius 3 is 2.32 bits per heavy atom. The lowest BCUT2D eigenvalue weighted by Gasteiger charge is -2.36. The van der Waals surface area contributed by atoms with Crippen molar-refractivity contribution >= 4 is 23.5 Å². The van der Waals surface area contributed by atoms with Crippen LogP contribution in [-0.2, 0) is 22.9 Å². The van der Waals surface area contributed by atoms with Crippen LogP contribution in [0.15, 0.2) is 85.1 Å². The number of ether oxygens (including phenoxy) is 1. The van der Waals surface area contributed by atoms with Gasteiger partial charge >= 0.3 is 12.1 Å². The lowest BCUT2D eigenvalue weighted by Crippen LogP contribution is -2.49. The quantitative estimate of drug-likeness (QED) is 0.220. The van der Waals surface area contributed by atoms with Crippen molar-refractivity contribution in [3.05, 3.63) is 130 Å². The van der Waals surface area contributed by atoms with E-state index in [-0.39, 0.29) is 28.5 Å². The zero-order chi connectivity index (χ0) is 29.8. The molecule has 0 aliphatic rings.